The van der Waals surface area contributed by atoms with Crippen LogP contribution in [-0.4, -0.2) is 31.1 Å². The molecule has 0 aromatic carbocycles. The zero-order valence-electron chi connectivity index (χ0n) is 18.1. The van der Waals surface area contributed by atoms with Crippen LogP contribution < -0.4 is 11.3 Å². The van der Waals surface area contributed by atoms with Crippen molar-refractivity contribution in [3.05, 3.63) is 0 Å². The van der Waals surface area contributed by atoms with Gasteiger partial charge in [-0.3, -0.25) is 11.3 Å². The van der Waals surface area contributed by atoms with E-state index in [2.05, 4.69) is 24.2 Å². The predicted molar refractivity (Wildman–Crippen MR) is 121 cm³/mol. The van der Waals surface area contributed by atoms with Crippen molar-refractivity contribution in [2.24, 2.45) is 5.84 Å². The highest BCUT2D eigenvalue weighted by molar-refractivity contribution is 5.85. The van der Waals surface area contributed by atoms with E-state index in [0.29, 0.717) is 0 Å². The Labute approximate surface area is 171 Å². The number of nitrogens with zero attached hydrogens (tertiary/aromatic N) is 1. The Hall–Kier alpha value is 0.170. The molecule has 0 saturated carbocycles. The van der Waals surface area contributed by atoms with Gasteiger partial charge in [0.1, 0.15) is 0 Å². The Morgan fingerprint density at radius 1 is 0.538 bits per heavy atom. The molecule has 0 aliphatic carbocycles. The van der Waals surface area contributed by atoms with Crippen LogP contribution in [-0.2, 0) is 0 Å². The molecule has 3 N–H and O–H groups in total. The Balaban J connectivity index is 0. The van der Waals surface area contributed by atoms with Gasteiger partial charge in [-0.2, -0.15) is 0 Å². The summed E-state index contributed by atoms with van der Waals surface area (Å²) in [5.74, 6) is 5.47. The molecule has 0 unspecified atom stereocenters. The van der Waals surface area contributed by atoms with E-state index in [1.165, 1.54) is 116 Å². The van der Waals surface area contributed by atoms with E-state index in [9.17, 15) is 0 Å². The fourth-order valence-corrected chi connectivity index (χ4v) is 3.50. The van der Waals surface area contributed by atoms with E-state index in [1.807, 2.05) is 0 Å². The number of halogens is 1. The summed E-state index contributed by atoms with van der Waals surface area (Å²) in [7, 11) is 0. The van der Waals surface area contributed by atoms with Crippen LogP contribution >= 0.6 is 12.4 Å². The van der Waals surface area contributed by atoms with Crippen LogP contribution in [0.4, 0.5) is 0 Å². The topological polar surface area (TPSA) is 41.3 Å². The van der Waals surface area contributed by atoms with E-state index in [4.69, 9.17) is 5.84 Å². The van der Waals surface area contributed by atoms with Crippen LogP contribution in [0.3, 0.4) is 0 Å². The standard InChI is InChI=1S/C22H49N3.ClH/c1-3-5-7-9-11-13-15-17-20-25(22-19-24-23)21-18-16-14-12-10-8-6-4-2;/h24H,3-23H2,1-2H3;1H. The summed E-state index contributed by atoms with van der Waals surface area (Å²) in [4.78, 5) is 2.62. The first-order valence-corrected chi connectivity index (χ1v) is 11.5. The maximum Gasteiger partial charge on any atom is 0.0225 e. The number of hydrogen-bond acceptors (Lipinski definition) is 3. The molecule has 0 saturated heterocycles. The minimum atomic E-state index is 0. The fourth-order valence-electron chi connectivity index (χ4n) is 3.50. The zero-order chi connectivity index (χ0) is 18.4. The van der Waals surface area contributed by atoms with Gasteiger partial charge >= 0.3 is 0 Å². The highest BCUT2D eigenvalue weighted by Crippen LogP contribution is 2.11. The Morgan fingerprint density at radius 3 is 1.23 bits per heavy atom. The average molecular weight is 392 g/mol. The SMILES string of the molecule is CCCCCCCCCCN(CCCCCCCCCC)CCNN.Cl. The molecule has 26 heavy (non-hydrogen) atoms. The van der Waals surface area contributed by atoms with Crippen molar-refractivity contribution in [1.82, 2.24) is 10.3 Å². The molecule has 4 heteroatoms. The second-order valence-corrected chi connectivity index (χ2v) is 7.75. The number of hydrazine groups is 1. The highest BCUT2D eigenvalue weighted by Gasteiger charge is 2.04. The molecule has 0 spiro atoms. The van der Waals surface area contributed by atoms with Gasteiger partial charge in [-0.1, -0.05) is 104 Å². The third kappa shape index (κ3) is 22.2. The van der Waals surface area contributed by atoms with Gasteiger partial charge in [-0.15, -0.1) is 12.4 Å². The van der Waals surface area contributed by atoms with Crippen LogP contribution in [0, 0.1) is 0 Å². The molecule has 0 atom stereocenters. The Morgan fingerprint density at radius 2 is 0.885 bits per heavy atom. The van der Waals surface area contributed by atoms with Crippen LogP contribution in [0.15, 0.2) is 0 Å². The summed E-state index contributed by atoms with van der Waals surface area (Å²) in [5, 5.41) is 0. The van der Waals surface area contributed by atoms with Gasteiger partial charge in [0.05, 0.1) is 0 Å². The number of nitrogens with two attached hydrogens (primary N) is 1. The highest BCUT2D eigenvalue weighted by atomic mass is 35.5. The second-order valence-electron chi connectivity index (χ2n) is 7.75. The maximum atomic E-state index is 5.47. The number of rotatable bonds is 21. The lowest BCUT2D eigenvalue weighted by molar-refractivity contribution is 0.260. The van der Waals surface area contributed by atoms with Crippen LogP contribution in [0.1, 0.15) is 117 Å². The normalized spacial score (nSPS) is 11.1. The average Bonchev–Trinajstić information content (AvgIpc) is 2.63. The molecular weight excluding hydrogens is 342 g/mol. The Kier molecular flexibility index (Phi) is 27.5. The molecule has 0 bridgehead atoms. The summed E-state index contributed by atoms with van der Waals surface area (Å²) >= 11 is 0. The van der Waals surface area contributed by atoms with Crippen molar-refractivity contribution in [1.29, 1.82) is 0 Å². The van der Waals surface area contributed by atoms with E-state index in [0.717, 1.165) is 13.1 Å². The molecule has 160 valence electrons. The molecule has 3 nitrogen and oxygen atoms in total. The first kappa shape index (κ1) is 28.4. The Bertz CT molecular complexity index is 219. The van der Waals surface area contributed by atoms with Crippen molar-refractivity contribution in [3.8, 4) is 0 Å². The summed E-state index contributed by atoms with van der Waals surface area (Å²) in [5.41, 5.74) is 2.82. The van der Waals surface area contributed by atoms with Gasteiger partial charge in [0, 0.05) is 13.1 Å². The monoisotopic (exact) mass is 391 g/mol. The van der Waals surface area contributed by atoms with Gasteiger partial charge < -0.3 is 4.90 Å². The van der Waals surface area contributed by atoms with Gasteiger partial charge in [-0.25, -0.2) is 0 Å². The van der Waals surface area contributed by atoms with E-state index >= 15 is 0 Å². The van der Waals surface area contributed by atoms with Crippen molar-refractivity contribution < 1.29 is 0 Å². The van der Waals surface area contributed by atoms with Crippen molar-refractivity contribution in [2.45, 2.75) is 117 Å². The molecule has 0 radical (unpaired) electrons. The second kappa shape index (κ2) is 25.2. The minimum Gasteiger partial charge on any atom is -0.302 e. The molecule has 0 aromatic heterocycles. The molecule has 0 fully saturated rings. The van der Waals surface area contributed by atoms with Gasteiger partial charge in [0.25, 0.3) is 0 Å². The lowest BCUT2D eigenvalue weighted by atomic mass is 10.1. The lowest BCUT2D eigenvalue weighted by Gasteiger charge is -2.22. The summed E-state index contributed by atoms with van der Waals surface area (Å²) in [6.07, 6.45) is 22.5. The summed E-state index contributed by atoms with van der Waals surface area (Å²) in [6.45, 7) is 9.10. The number of unbranched alkanes of at least 4 members (excludes halogenated alkanes) is 14. The first-order chi connectivity index (χ1) is 12.3. The number of nitrogens with one attached hydrogen (secondary N) is 1. The van der Waals surface area contributed by atoms with Crippen molar-refractivity contribution in [2.75, 3.05) is 26.2 Å². The number of hydrogen-bond donors (Lipinski definition) is 2. The lowest BCUT2D eigenvalue weighted by Crippen LogP contribution is -2.36. The smallest absolute Gasteiger partial charge is 0.0225 e. The van der Waals surface area contributed by atoms with Crippen LogP contribution in [0.2, 0.25) is 0 Å². The van der Waals surface area contributed by atoms with Crippen molar-refractivity contribution in [3.63, 3.8) is 0 Å². The van der Waals surface area contributed by atoms with E-state index < -0.39 is 0 Å². The van der Waals surface area contributed by atoms with Gasteiger partial charge in [0.15, 0.2) is 0 Å². The largest absolute Gasteiger partial charge is 0.302 e. The molecule has 0 aliphatic heterocycles. The fraction of sp³-hybridized carbons (Fsp3) is 1.00. The molecule has 0 amide bonds. The predicted octanol–water partition coefficient (Wildman–Crippen LogP) is 6.45. The summed E-state index contributed by atoms with van der Waals surface area (Å²) < 4.78 is 0. The maximum absolute atomic E-state index is 5.47. The van der Waals surface area contributed by atoms with Gasteiger partial charge in [-0.05, 0) is 25.9 Å². The molecule has 0 heterocycles. The minimum absolute atomic E-state index is 0. The molecule has 0 aliphatic rings. The first-order valence-electron chi connectivity index (χ1n) is 11.5. The van der Waals surface area contributed by atoms with E-state index in [1.54, 1.807) is 0 Å². The van der Waals surface area contributed by atoms with Gasteiger partial charge in [0.2, 0.25) is 0 Å². The van der Waals surface area contributed by atoms with Crippen molar-refractivity contribution >= 4 is 12.4 Å². The third-order valence-electron chi connectivity index (χ3n) is 5.23. The summed E-state index contributed by atoms with van der Waals surface area (Å²) in [6, 6.07) is 0. The quantitative estimate of drug-likeness (QED) is 0.134. The van der Waals surface area contributed by atoms with E-state index in [-0.39, 0.29) is 12.4 Å². The third-order valence-corrected chi connectivity index (χ3v) is 5.23. The molecule has 0 rings (SSSR count). The molecular formula is C22H50ClN3. The molecule has 0 aromatic rings. The van der Waals surface area contributed by atoms with Crippen LogP contribution in [0.5, 0.6) is 0 Å². The van der Waals surface area contributed by atoms with Crippen LogP contribution in [0.25, 0.3) is 0 Å². The zero-order valence-corrected chi connectivity index (χ0v) is 18.9.